The Morgan fingerprint density at radius 3 is 2.46 bits per heavy atom. The monoisotopic (exact) mass is 346 g/mol. The van der Waals surface area contributed by atoms with Crippen LogP contribution in [0.15, 0.2) is 54.9 Å². The number of likely N-dealkylation sites (N-methyl/N-ethyl adjacent to an activating group) is 1. The summed E-state index contributed by atoms with van der Waals surface area (Å²) in [5.74, 6) is 0. The Hall–Kier alpha value is -2.56. The van der Waals surface area contributed by atoms with Crippen LogP contribution in [0.1, 0.15) is 16.7 Å². The van der Waals surface area contributed by atoms with E-state index in [1.807, 2.05) is 7.05 Å². The molecule has 4 aromatic rings. The third-order valence-electron chi connectivity index (χ3n) is 5.09. The summed E-state index contributed by atoms with van der Waals surface area (Å²) in [5.41, 5.74) is 6.57. The van der Waals surface area contributed by atoms with Crippen molar-refractivity contribution in [3.8, 4) is 0 Å². The number of H-pyrrole nitrogens is 2. The van der Waals surface area contributed by atoms with Crippen molar-refractivity contribution in [3.05, 3.63) is 71.5 Å². The number of para-hydroxylation sites is 2. The van der Waals surface area contributed by atoms with Crippen molar-refractivity contribution in [2.45, 2.75) is 19.4 Å². The summed E-state index contributed by atoms with van der Waals surface area (Å²) in [6.45, 7) is 2.84. The maximum Gasteiger partial charge on any atom is 0.0502 e. The third kappa shape index (κ3) is 3.39. The predicted molar refractivity (Wildman–Crippen MR) is 110 cm³/mol. The molecule has 0 bridgehead atoms. The molecule has 0 saturated carbocycles. The fraction of sp³-hybridized carbons (Fsp3) is 0.273. The Morgan fingerprint density at radius 1 is 0.769 bits per heavy atom. The highest BCUT2D eigenvalue weighted by Gasteiger charge is 2.07. The number of nitrogens with one attached hydrogen (secondary N) is 4. The largest absolute Gasteiger partial charge is 0.361 e. The van der Waals surface area contributed by atoms with Gasteiger partial charge in [0.25, 0.3) is 0 Å². The average molecular weight is 346 g/mol. The lowest BCUT2D eigenvalue weighted by Gasteiger charge is -2.07. The second kappa shape index (κ2) is 7.77. The number of benzene rings is 2. The Balaban J connectivity index is 1.39. The van der Waals surface area contributed by atoms with E-state index in [9.17, 15) is 0 Å². The molecule has 0 unspecified atom stereocenters. The molecule has 0 fully saturated rings. The van der Waals surface area contributed by atoms with E-state index in [-0.39, 0.29) is 0 Å². The quantitative estimate of drug-likeness (QED) is 0.367. The number of aromatic nitrogens is 2. The van der Waals surface area contributed by atoms with Gasteiger partial charge in [-0.05, 0) is 55.7 Å². The van der Waals surface area contributed by atoms with Crippen LogP contribution in [0, 0.1) is 0 Å². The summed E-state index contributed by atoms with van der Waals surface area (Å²) < 4.78 is 0. The fourth-order valence-electron chi connectivity index (χ4n) is 3.67. The van der Waals surface area contributed by atoms with E-state index in [0.717, 1.165) is 32.5 Å². The summed E-state index contributed by atoms with van der Waals surface area (Å²) in [6.07, 6.45) is 6.36. The third-order valence-corrected chi connectivity index (χ3v) is 5.09. The van der Waals surface area contributed by atoms with E-state index >= 15 is 0 Å². The molecule has 134 valence electrons. The van der Waals surface area contributed by atoms with Crippen LogP contribution < -0.4 is 10.6 Å². The molecule has 4 N–H and O–H groups in total. The van der Waals surface area contributed by atoms with Crippen LogP contribution in [0.4, 0.5) is 0 Å². The van der Waals surface area contributed by atoms with E-state index in [4.69, 9.17) is 0 Å². The molecule has 0 spiro atoms. The van der Waals surface area contributed by atoms with Gasteiger partial charge < -0.3 is 20.6 Å². The van der Waals surface area contributed by atoms with E-state index in [1.165, 1.54) is 38.5 Å². The van der Waals surface area contributed by atoms with Crippen LogP contribution in [0.2, 0.25) is 0 Å². The van der Waals surface area contributed by atoms with Crippen molar-refractivity contribution in [2.24, 2.45) is 0 Å². The van der Waals surface area contributed by atoms with Crippen molar-refractivity contribution >= 4 is 21.8 Å². The van der Waals surface area contributed by atoms with Gasteiger partial charge in [-0.25, -0.2) is 0 Å². The Labute approximate surface area is 154 Å². The summed E-state index contributed by atoms with van der Waals surface area (Å²) in [4.78, 5) is 6.82. The molecule has 0 radical (unpaired) electrons. The zero-order chi connectivity index (χ0) is 17.8. The molecule has 4 rings (SSSR count). The zero-order valence-corrected chi connectivity index (χ0v) is 15.2. The highest BCUT2D eigenvalue weighted by atomic mass is 14.9. The Morgan fingerprint density at radius 2 is 1.54 bits per heavy atom. The summed E-state index contributed by atoms with van der Waals surface area (Å²) in [7, 11) is 2.00. The molecule has 4 nitrogen and oxygen atoms in total. The number of hydrogen-bond acceptors (Lipinski definition) is 2. The van der Waals surface area contributed by atoms with Gasteiger partial charge in [0.1, 0.15) is 0 Å². The molecule has 0 aliphatic rings. The van der Waals surface area contributed by atoms with Crippen LogP contribution in [-0.2, 0) is 19.4 Å². The number of fused-ring (bicyclic) bond motifs is 2. The second-order valence-electron chi connectivity index (χ2n) is 6.79. The molecule has 0 aliphatic carbocycles. The minimum Gasteiger partial charge on any atom is -0.361 e. The second-order valence-corrected chi connectivity index (χ2v) is 6.79. The predicted octanol–water partition coefficient (Wildman–Crippen LogP) is 3.74. The number of rotatable bonds is 8. The van der Waals surface area contributed by atoms with Crippen LogP contribution in [0.25, 0.3) is 21.8 Å². The van der Waals surface area contributed by atoms with Crippen molar-refractivity contribution in [3.63, 3.8) is 0 Å². The van der Waals surface area contributed by atoms with Crippen molar-refractivity contribution in [1.29, 1.82) is 0 Å². The minimum absolute atomic E-state index is 0.881. The van der Waals surface area contributed by atoms with Gasteiger partial charge in [-0.3, -0.25) is 0 Å². The fourth-order valence-corrected chi connectivity index (χ4v) is 3.67. The maximum absolute atomic E-state index is 3.60. The first kappa shape index (κ1) is 16.9. The standard InChI is InChI=1S/C22H26N4/c1-23-11-9-17-15-26-22-18(5-4-7-20(17)22)13-24-12-10-16-14-25-21-8-3-2-6-19(16)21/h2-8,14-15,23-26H,9-13H2,1H3. The van der Waals surface area contributed by atoms with Crippen molar-refractivity contribution < 1.29 is 0 Å². The van der Waals surface area contributed by atoms with Gasteiger partial charge in [-0.2, -0.15) is 0 Å². The van der Waals surface area contributed by atoms with Crippen LogP contribution in [0.5, 0.6) is 0 Å². The minimum atomic E-state index is 0.881. The van der Waals surface area contributed by atoms with Gasteiger partial charge >= 0.3 is 0 Å². The van der Waals surface area contributed by atoms with Gasteiger partial charge in [0.2, 0.25) is 0 Å². The molecule has 2 heterocycles. The van der Waals surface area contributed by atoms with Gasteiger partial charge in [-0.15, -0.1) is 0 Å². The van der Waals surface area contributed by atoms with Gasteiger partial charge in [0, 0.05) is 35.2 Å². The molecule has 0 saturated heterocycles. The first-order valence-corrected chi connectivity index (χ1v) is 9.35. The van der Waals surface area contributed by atoms with E-state index in [0.29, 0.717) is 0 Å². The molecular formula is C22H26N4. The first-order chi connectivity index (χ1) is 12.9. The molecule has 0 amide bonds. The average Bonchev–Trinajstić information content (AvgIpc) is 3.28. The van der Waals surface area contributed by atoms with E-state index < -0.39 is 0 Å². The van der Waals surface area contributed by atoms with E-state index in [2.05, 4.69) is 75.5 Å². The Bertz CT molecular complexity index is 996. The van der Waals surface area contributed by atoms with Crippen LogP contribution in [-0.4, -0.2) is 30.1 Å². The molecule has 2 aromatic heterocycles. The first-order valence-electron chi connectivity index (χ1n) is 9.35. The van der Waals surface area contributed by atoms with Gasteiger partial charge in [0.05, 0.1) is 5.52 Å². The van der Waals surface area contributed by atoms with Crippen LogP contribution >= 0.6 is 0 Å². The number of aromatic amines is 2. The van der Waals surface area contributed by atoms with Crippen molar-refractivity contribution in [1.82, 2.24) is 20.6 Å². The van der Waals surface area contributed by atoms with E-state index in [1.54, 1.807) is 0 Å². The van der Waals surface area contributed by atoms with Crippen molar-refractivity contribution in [2.75, 3.05) is 20.1 Å². The summed E-state index contributed by atoms with van der Waals surface area (Å²) in [5, 5.41) is 9.50. The lowest BCUT2D eigenvalue weighted by molar-refractivity contribution is 0.691. The van der Waals surface area contributed by atoms with Gasteiger partial charge in [0.15, 0.2) is 0 Å². The maximum atomic E-state index is 3.60. The summed E-state index contributed by atoms with van der Waals surface area (Å²) in [6, 6.07) is 15.1. The van der Waals surface area contributed by atoms with Crippen LogP contribution in [0.3, 0.4) is 0 Å². The highest BCUT2D eigenvalue weighted by Crippen LogP contribution is 2.22. The summed E-state index contributed by atoms with van der Waals surface area (Å²) >= 11 is 0. The molecule has 4 heteroatoms. The lowest BCUT2D eigenvalue weighted by Crippen LogP contribution is -2.16. The zero-order valence-electron chi connectivity index (χ0n) is 15.2. The molecule has 0 atom stereocenters. The smallest absolute Gasteiger partial charge is 0.0502 e. The molecule has 2 aromatic carbocycles. The SMILES string of the molecule is CNCCc1c[nH]c2c(CNCCc3c[nH]c4ccccc34)cccc12. The highest BCUT2D eigenvalue weighted by molar-refractivity contribution is 5.86. The molecule has 26 heavy (non-hydrogen) atoms. The lowest BCUT2D eigenvalue weighted by atomic mass is 10.1. The molecule has 0 aliphatic heterocycles. The molecular weight excluding hydrogens is 320 g/mol. The normalized spacial score (nSPS) is 11.6. The number of hydrogen-bond donors (Lipinski definition) is 4. The Kier molecular flexibility index (Phi) is 5.04. The van der Waals surface area contributed by atoms with Gasteiger partial charge in [-0.1, -0.05) is 36.4 Å². The topological polar surface area (TPSA) is 55.6 Å².